The maximum atomic E-state index is 13.5. The number of hydrogen-bond donors (Lipinski definition) is 2. The molecule has 0 bridgehead atoms. The second-order valence-corrected chi connectivity index (χ2v) is 6.70. The van der Waals surface area contributed by atoms with Gasteiger partial charge in [0.25, 0.3) is 5.91 Å². The summed E-state index contributed by atoms with van der Waals surface area (Å²) in [6, 6.07) is 7.95. The Morgan fingerprint density at radius 2 is 1.96 bits per heavy atom. The zero-order valence-electron chi connectivity index (χ0n) is 16.1. The molecule has 28 heavy (non-hydrogen) atoms. The van der Waals surface area contributed by atoms with Gasteiger partial charge >= 0.3 is 0 Å². The van der Waals surface area contributed by atoms with Crippen molar-refractivity contribution < 1.29 is 13.9 Å². The number of rotatable bonds is 8. The number of halogens is 1. The standard InChI is InChI=1S/C20H26FN5O2/c1-15-24-18(13-19(25-15)26-11-5-2-6-12-26)22-9-10-23-20(27)14-28-17-8-4-3-7-16(17)21/h3-4,7-8,13H,2,5-6,9-12,14H2,1H3,(H,23,27)(H,22,24,25). The van der Waals surface area contributed by atoms with Gasteiger partial charge in [-0.25, -0.2) is 14.4 Å². The van der Waals surface area contributed by atoms with Crippen LogP contribution in [0.1, 0.15) is 25.1 Å². The van der Waals surface area contributed by atoms with Crippen LogP contribution in [0.15, 0.2) is 30.3 Å². The van der Waals surface area contributed by atoms with E-state index >= 15 is 0 Å². The zero-order chi connectivity index (χ0) is 19.8. The number of benzene rings is 1. The van der Waals surface area contributed by atoms with Crippen molar-refractivity contribution >= 4 is 17.5 Å². The number of amides is 1. The summed E-state index contributed by atoms with van der Waals surface area (Å²) in [5, 5.41) is 5.94. The van der Waals surface area contributed by atoms with E-state index in [1.807, 2.05) is 13.0 Å². The summed E-state index contributed by atoms with van der Waals surface area (Å²) in [7, 11) is 0. The molecule has 0 aliphatic carbocycles. The Morgan fingerprint density at radius 1 is 1.18 bits per heavy atom. The molecule has 1 aliphatic heterocycles. The highest BCUT2D eigenvalue weighted by Crippen LogP contribution is 2.20. The monoisotopic (exact) mass is 387 g/mol. The largest absolute Gasteiger partial charge is 0.481 e. The first-order valence-electron chi connectivity index (χ1n) is 9.60. The molecule has 150 valence electrons. The van der Waals surface area contributed by atoms with Crippen LogP contribution in [0.25, 0.3) is 0 Å². The topological polar surface area (TPSA) is 79.4 Å². The summed E-state index contributed by atoms with van der Waals surface area (Å²) in [6.45, 7) is 4.61. The maximum absolute atomic E-state index is 13.5. The first-order chi connectivity index (χ1) is 13.6. The maximum Gasteiger partial charge on any atom is 0.258 e. The van der Waals surface area contributed by atoms with Gasteiger partial charge in [-0.05, 0) is 38.3 Å². The molecule has 0 radical (unpaired) electrons. The van der Waals surface area contributed by atoms with Crippen LogP contribution in [-0.4, -0.2) is 48.7 Å². The molecular weight excluding hydrogens is 361 g/mol. The molecule has 0 unspecified atom stereocenters. The van der Waals surface area contributed by atoms with E-state index in [4.69, 9.17) is 4.74 Å². The highest BCUT2D eigenvalue weighted by Gasteiger charge is 2.13. The molecule has 1 saturated heterocycles. The molecule has 3 rings (SSSR count). The molecular formula is C20H26FN5O2. The molecule has 0 spiro atoms. The third kappa shape index (κ3) is 5.80. The van der Waals surface area contributed by atoms with Gasteiger partial charge in [-0.15, -0.1) is 0 Å². The third-order valence-corrected chi connectivity index (χ3v) is 4.45. The van der Waals surface area contributed by atoms with E-state index in [1.165, 1.54) is 31.4 Å². The molecule has 1 amide bonds. The van der Waals surface area contributed by atoms with Crippen LogP contribution in [0.2, 0.25) is 0 Å². The average Bonchev–Trinajstić information content (AvgIpc) is 2.71. The minimum Gasteiger partial charge on any atom is -0.481 e. The van der Waals surface area contributed by atoms with Crippen molar-refractivity contribution in [3.05, 3.63) is 42.0 Å². The molecule has 1 fully saturated rings. The van der Waals surface area contributed by atoms with Crippen LogP contribution in [-0.2, 0) is 4.79 Å². The highest BCUT2D eigenvalue weighted by molar-refractivity contribution is 5.77. The van der Waals surface area contributed by atoms with E-state index in [0.29, 0.717) is 18.9 Å². The highest BCUT2D eigenvalue weighted by atomic mass is 19.1. The second kappa shape index (κ2) is 9.87. The number of aromatic nitrogens is 2. The Hall–Kier alpha value is -2.90. The van der Waals surface area contributed by atoms with E-state index in [1.54, 1.807) is 12.1 Å². The molecule has 7 nitrogen and oxygen atoms in total. The molecule has 2 aromatic rings. The first kappa shape index (κ1) is 19.9. The predicted molar refractivity (Wildman–Crippen MR) is 106 cm³/mol. The molecule has 0 atom stereocenters. The van der Waals surface area contributed by atoms with Crippen molar-refractivity contribution in [2.24, 2.45) is 0 Å². The van der Waals surface area contributed by atoms with Crippen molar-refractivity contribution in [2.45, 2.75) is 26.2 Å². The van der Waals surface area contributed by atoms with E-state index in [2.05, 4.69) is 25.5 Å². The van der Waals surface area contributed by atoms with Crippen LogP contribution in [0.4, 0.5) is 16.0 Å². The predicted octanol–water partition coefficient (Wildman–Crippen LogP) is 2.52. The number of carbonyl (C=O) groups excluding carboxylic acids is 1. The number of para-hydroxylation sites is 1. The Kier molecular flexibility index (Phi) is 7.00. The van der Waals surface area contributed by atoms with Gasteiger partial charge in [-0.2, -0.15) is 0 Å². The second-order valence-electron chi connectivity index (χ2n) is 6.70. The lowest BCUT2D eigenvalue weighted by Crippen LogP contribution is -2.33. The molecule has 1 aromatic carbocycles. The summed E-state index contributed by atoms with van der Waals surface area (Å²) >= 11 is 0. The fourth-order valence-corrected chi connectivity index (χ4v) is 3.08. The SMILES string of the molecule is Cc1nc(NCCNC(=O)COc2ccccc2F)cc(N2CCCCC2)n1. The summed E-state index contributed by atoms with van der Waals surface area (Å²) in [4.78, 5) is 23.1. The van der Waals surface area contributed by atoms with Gasteiger partial charge in [0.15, 0.2) is 18.2 Å². The number of ether oxygens (including phenoxy) is 1. The number of anilines is 2. The quantitative estimate of drug-likeness (QED) is 0.678. The Balaban J connectivity index is 1.41. The molecule has 1 aliphatic rings. The normalized spacial score (nSPS) is 13.9. The van der Waals surface area contributed by atoms with Gasteiger partial charge < -0.3 is 20.3 Å². The minimum absolute atomic E-state index is 0.0671. The van der Waals surface area contributed by atoms with Gasteiger partial charge in [-0.1, -0.05) is 12.1 Å². The lowest BCUT2D eigenvalue weighted by Gasteiger charge is -2.28. The fourth-order valence-electron chi connectivity index (χ4n) is 3.08. The Labute approximate surface area is 164 Å². The number of aryl methyl sites for hydroxylation is 1. The van der Waals surface area contributed by atoms with Crippen molar-refractivity contribution in [3.63, 3.8) is 0 Å². The van der Waals surface area contributed by atoms with Gasteiger partial charge in [-0.3, -0.25) is 4.79 Å². The number of piperidine rings is 1. The van der Waals surface area contributed by atoms with Crippen molar-refractivity contribution in [1.29, 1.82) is 0 Å². The van der Waals surface area contributed by atoms with E-state index < -0.39 is 5.82 Å². The van der Waals surface area contributed by atoms with E-state index in [-0.39, 0.29) is 18.3 Å². The molecule has 8 heteroatoms. The van der Waals surface area contributed by atoms with E-state index in [0.717, 1.165) is 24.7 Å². The van der Waals surface area contributed by atoms with Gasteiger partial charge in [0.1, 0.15) is 17.5 Å². The minimum atomic E-state index is -0.486. The van der Waals surface area contributed by atoms with Crippen LogP contribution in [0, 0.1) is 12.7 Å². The first-order valence-corrected chi connectivity index (χ1v) is 9.60. The van der Waals surface area contributed by atoms with E-state index in [9.17, 15) is 9.18 Å². The third-order valence-electron chi connectivity index (χ3n) is 4.45. The van der Waals surface area contributed by atoms with Crippen LogP contribution < -0.4 is 20.3 Å². The lowest BCUT2D eigenvalue weighted by atomic mass is 10.1. The zero-order valence-corrected chi connectivity index (χ0v) is 16.1. The average molecular weight is 387 g/mol. The summed E-state index contributed by atoms with van der Waals surface area (Å²) in [5.74, 6) is 1.67. The lowest BCUT2D eigenvalue weighted by molar-refractivity contribution is -0.123. The molecule has 0 saturated carbocycles. The van der Waals surface area contributed by atoms with Crippen molar-refractivity contribution in [3.8, 4) is 5.75 Å². The van der Waals surface area contributed by atoms with Gasteiger partial charge in [0, 0.05) is 32.2 Å². The van der Waals surface area contributed by atoms with Crippen LogP contribution in [0.5, 0.6) is 5.75 Å². The van der Waals surface area contributed by atoms with Crippen LogP contribution in [0.3, 0.4) is 0 Å². The number of nitrogens with one attached hydrogen (secondary N) is 2. The Morgan fingerprint density at radius 3 is 2.75 bits per heavy atom. The van der Waals surface area contributed by atoms with Crippen LogP contribution >= 0.6 is 0 Å². The smallest absolute Gasteiger partial charge is 0.258 e. The summed E-state index contributed by atoms with van der Waals surface area (Å²) < 4.78 is 18.6. The molecule has 2 heterocycles. The van der Waals surface area contributed by atoms with Crippen molar-refractivity contribution in [1.82, 2.24) is 15.3 Å². The number of nitrogens with zero attached hydrogens (tertiary/aromatic N) is 3. The number of hydrogen-bond acceptors (Lipinski definition) is 6. The molecule has 1 aromatic heterocycles. The summed E-state index contributed by atoms with van der Waals surface area (Å²) in [6.07, 6.45) is 3.64. The summed E-state index contributed by atoms with van der Waals surface area (Å²) in [5.41, 5.74) is 0. The Bertz CT molecular complexity index is 796. The number of carbonyl (C=O) groups is 1. The van der Waals surface area contributed by atoms with Gasteiger partial charge in [0.05, 0.1) is 0 Å². The van der Waals surface area contributed by atoms with Crippen molar-refractivity contribution in [2.75, 3.05) is 43.0 Å². The fraction of sp³-hybridized carbons (Fsp3) is 0.450. The molecule has 2 N–H and O–H groups in total. The van der Waals surface area contributed by atoms with Gasteiger partial charge in [0.2, 0.25) is 0 Å².